The molecule has 1 fully saturated rings. The molecule has 1 aliphatic heterocycles. The summed E-state index contributed by atoms with van der Waals surface area (Å²) in [6.45, 7) is 6.36. The van der Waals surface area contributed by atoms with Gasteiger partial charge in [-0.3, -0.25) is 9.69 Å². The third kappa shape index (κ3) is 4.57. The number of hydrogen-bond acceptors (Lipinski definition) is 3. The van der Waals surface area contributed by atoms with Crippen molar-refractivity contribution in [1.29, 1.82) is 0 Å². The summed E-state index contributed by atoms with van der Waals surface area (Å²) in [4.78, 5) is 17.1. The van der Waals surface area contributed by atoms with Crippen LogP contribution >= 0.6 is 11.6 Å². The molecule has 0 aromatic heterocycles. The first-order valence-corrected chi connectivity index (χ1v) is 9.59. The second-order valence-electron chi connectivity index (χ2n) is 6.79. The number of amides is 1. The number of carbonyl (C=O) groups is 1. The average molecular weight is 372 g/mol. The van der Waals surface area contributed by atoms with E-state index in [9.17, 15) is 4.79 Å². The Hall–Kier alpha value is -2.04. The maximum atomic E-state index is 12.8. The molecule has 0 radical (unpaired) electrons. The van der Waals surface area contributed by atoms with Gasteiger partial charge in [0.15, 0.2) is 0 Å². The molecule has 0 unspecified atom stereocenters. The van der Waals surface area contributed by atoms with Crippen molar-refractivity contribution in [2.45, 2.75) is 19.8 Å². The Morgan fingerprint density at radius 3 is 2.31 bits per heavy atom. The van der Waals surface area contributed by atoms with Gasteiger partial charge in [0.1, 0.15) is 0 Å². The fourth-order valence-corrected chi connectivity index (χ4v) is 3.44. The monoisotopic (exact) mass is 371 g/mol. The third-order valence-electron chi connectivity index (χ3n) is 5.04. The highest BCUT2D eigenvalue weighted by molar-refractivity contribution is 6.30. The van der Waals surface area contributed by atoms with Crippen molar-refractivity contribution in [2.75, 3.05) is 38.5 Å². The van der Waals surface area contributed by atoms with Gasteiger partial charge >= 0.3 is 0 Å². The highest BCUT2D eigenvalue weighted by atomic mass is 35.5. The van der Waals surface area contributed by atoms with Gasteiger partial charge in [-0.15, -0.1) is 0 Å². The first kappa shape index (κ1) is 18.7. The van der Waals surface area contributed by atoms with E-state index in [2.05, 4.69) is 24.0 Å². The number of hydrogen-bond donors (Lipinski definition) is 1. The number of benzene rings is 2. The number of nitrogen functional groups attached to an aromatic ring is 1. The van der Waals surface area contributed by atoms with Gasteiger partial charge in [-0.25, -0.2) is 0 Å². The van der Waals surface area contributed by atoms with E-state index in [-0.39, 0.29) is 5.91 Å². The molecule has 3 rings (SSSR count). The van der Waals surface area contributed by atoms with Gasteiger partial charge in [0, 0.05) is 43.4 Å². The van der Waals surface area contributed by atoms with Crippen LogP contribution in [0.15, 0.2) is 42.5 Å². The minimum Gasteiger partial charge on any atom is -0.398 e. The number of rotatable bonds is 5. The van der Waals surface area contributed by atoms with Crippen LogP contribution in [0.25, 0.3) is 0 Å². The summed E-state index contributed by atoms with van der Waals surface area (Å²) in [5.41, 5.74) is 9.74. The number of carbonyl (C=O) groups excluding carboxylic acids is 1. The number of halogens is 1. The average Bonchev–Trinajstić information content (AvgIpc) is 2.67. The number of aryl methyl sites for hydroxylation is 1. The predicted octanol–water partition coefficient (Wildman–Crippen LogP) is 3.49. The molecule has 1 heterocycles. The Morgan fingerprint density at radius 1 is 1.04 bits per heavy atom. The lowest BCUT2D eigenvalue weighted by Crippen LogP contribution is -2.49. The van der Waals surface area contributed by atoms with Crippen LogP contribution in [0.5, 0.6) is 0 Å². The second-order valence-corrected chi connectivity index (χ2v) is 7.22. The van der Waals surface area contributed by atoms with Crippen LogP contribution in [-0.2, 0) is 12.8 Å². The lowest BCUT2D eigenvalue weighted by Gasteiger charge is -2.35. The first-order chi connectivity index (χ1) is 12.6. The van der Waals surface area contributed by atoms with E-state index in [1.807, 2.05) is 35.2 Å². The molecule has 2 aromatic carbocycles. The molecule has 0 spiro atoms. The molecule has 0 saturated carbocycles. The largest absolute Gasteiger partial charge is 0.398 e. The lowest BCUT2D eigenvalue weighted by molar-refractivity contribution is 0.0639. The van der Waals surface area contributed by atoms with Crippen LogP contribution in [0, 0.1) is 0 Å². The molecule has 1 saturated heterocycles. The molecule has 0 atom stereocenters. The number of anilines is 1. The van der Waals surface area contributed by atoms with E-state index in [0.717, 1.165) is 56.2 Å². The summed E-state index contributed by atoms with van der Waals surface area (Å²) in [5, 5.41) is 0.770. The van der Waals surface area contributed by atoms with E-state index >= 15 is 0 Å². The van der Waals surface area contributed by atoms with E-state index in [1.54, 1.807) is 0 Å². The molecule has 5 heteroatoms. The summed E-state index contributed by atoms with van der Waals surface area (Å²) in [6.07, 6.45) is 1.92. The van der Waals surface area contributed by atoms with E-state index in [1.165, 1.54) is 5.56 Å². The molecule has 2 N–H and O–H groups in total. The SMILES string of the molecule is CCc1ccc(C(=O)N2CCN(CCc3ccc(Cl)cc3)CC2)c(N)c1. The maximum absolute atomic E-state index is 12.8. The maximum Gasteiger partial charge on any atom is 0.256 e. The van der Waals surface area contributed by atoms with Crippen molar-refractivity contribution in [3.63, 3.8) is 0 Å². The van der Waals surface area contributed by atoms with Crippen LogP contribution in [0.2, 0.25) is 5.02 Å². The van der Waals surface area contributed by atoms with Crippen molar-refractivity contribution in [3.8, 4) is 0 Å². The quantitative estimate of drug-likeness (QED) is 0.818. The fraction of sp³-hybridized carbons (Fsp3) is 0.381. The zero-order valence-corrected chi connectivity index (χ0v) is 16.0. The Labute approximate surface area is 160 Å². The minimum absolute atomic E-state index is 0.0440. The normalized spacial score (nSPS) is 15.2. The summed E-state index contributed by atoms with van der Waals surface area (Å²) < 4.78 is 0. The van der Waals surface area contributed by atoms with Gasteiger partial charge in [-0.2, -0.15) is 0 Å². The first-order valence-electron chi connectivity index (χ1n) is 9.21. The van der Waals surface area contributed by atoms with E-state index < -0.39 is 0 Å². The van der Waals surface area contributed by atoms with Crippen molar-refractivity contribution in [3.05, 3.63) is 64.2 Å². The molecule has 138 valence electrons. The zero-order valence-electron chi connectivity index (χ0n) is 15.2. The van der Waals surface area contributed by atoms with Crippen LogP contribution in [0.3, 0.4) is 0 Å². The molecule has 0 aliphatic carbocycles. The van der Waals surface area contributed by atoms with Crippen molar-refractivity contribution in [2.24, 2.45) is 0 Å². The molecular formula is C21H26ClN3O. The van der Waals surface area contributed by atoms with Crippen LogP contribution < -0.4 is 5.73 Å². The Morgan fingerprint density at radius 2 is 1.69 bits per heavy atom. The number of nitrogens with zero attached hydrogens (tertiary/aromatic N) is 2. The van der Waals surface area contributed by atoms with Crippen molar-refractivity contribution in [1.82, 2.24) is 9.80 Å². The minimum atomic E-state index is 0.0440. The Bertz CT molecular complexity index is 752. The molecule has 26 heavy (non-hydrogen) atoms. The van der Waals surface area contributed by atoms with Gasteiger partial charge < -0.3 is 10.6 Å². The smallest absolute Gasteiger partial charge is 0.256 e. The van der Waals surface area contributed by atoms with Gasteiger partial charge in [0.25, 0.3) is 5.91 Å². The van der Waals surface area contributed by atoms with Gasteiger partial charge in [0.2, 0.25) is 0 Å². The molecule has 1 amide bonds. The molecular weight excluding hydrogens is 346 g/mol. The van der Waals surface area contributed by atoms with Crippen LogP contribution in [0.4, 0.5) is 5.69 Å². The Kier molecular flexibility index (Phi) is 6.17. The summed E-state index contributed by atoms with van der Waals surface area (Å²) >= 11 is 5.93. The highest BCUT2D eigenvalue weighted by Gasteiger charge is 2.23. The molecule has 1 aliphatic rings. The molecule has 0 bridgehead atoms. The van der Waals surface area contributed by atoms with Crippen molar-refractivity contribution >= 4 is 23.2 Å². The summed E-state index contributed by atoms with van der Waals surface area (Å²) in [5.74, 6) is 0.0440. The van der Waals surface area contributed by atoms with E-state index in [4.69, 9.17) is 17.3 Å². The van der Waals surface area contributed by atoms with Crippen LogP contribution in [0.1, 0.15) is 28.4 Å². The topological polar surface area (TPSA) is 49.6 Å². The van der Waals surface area contributed by atoms with E-state index in [0.29, 0.717) is 11.3 Å². The Balaban J connectivity index is 1.51. The zero-order chi connectivity index (χ0) is 18.5. The van der Waals surface area contributed by atoms with Crippen LogP contribution in [-0.4, -0.2) is 48.4 Å². The number of nitrogens with two attached hydrogens (primary N) is 1. The van der Waals surface area contributed by atoms with Gasteiger partial charge in [0.05, 0.1) is 5.56 Å². The molecule has 2 aromatic rings. The fourth-order valence-electron chi connectivity index (χ4n) is 3.31. The van der Waals surface area contributed by atoms with Crippen molar-refractivity contribution < 1.29 is 4.79 Å². The van der Waals surface area contributed by atoms with Gasteiger partial charge in [-0.05, 0) is 48.2 Å². The second kappa shape index (κ2) is 8.56. The predicted molar refractivity (Wildman–Crippen MR) is 108 cm³/mol. The lowest BCUT2D eigenvalue weighted by atomic mass is 10.1. The number of piperazine rings is 1. The summed E-state index contributed by atoms with van der Waals surface area (Å²) in [6, 6.07) is 13.8. The molecule has 4 nitrogen and oxygen atoms in total. The highest BCUT2D eigenvalue weighted by Crippen LogP contribution is 2.18. The standard InChI is InChI=1S/C21H26ClN3O/c1-2-16-5-8-19(20(23)15-16)21(26)25-13-11-24(12-14-25)10-9-17-3-6-18(22)7-4-17/h3-8,15H,2,9-14,23H2,1H3. The summed E-state index contributed by atoms with van der Waals surface area (Å²) in [7, 11) is 0. The van der Waals surface area contributed by atoms with Gasteiger partial charge in [-0.1, -0.05) is 36.7 Å². The third-order valence-corrected chi connectivity index (χ3v) is 5.30.